The molecule has 0 radical (unpaired) electrons. The molecule has 3 heterocycles. The van der Waals surface area contributed by atoms with Crippen LogP contribution in [-0.2, 0) is 10.5 Å². The fourth-order valence-electron chi connectivity index (χ4n) is 3.31. The quantitative estimate of drug-likeness (QED) is 0.729. The molecule has 1 atom stereocenters. The Morgan fingerprint density at radius 2 is 2.00 bits per heavy atom. The van der Waals surface area contributed by atoms with Crippen molar-refractivity contribution in [3.8, 4) is 0 Å². The number of urea groups is 1. The van der Waals surface area contributed by atoms with Crippen LogP contribution in [-0.4, -0.2) is 52.2 Å². The van der Waals surface area contributed by atoms with E-state index in [0.29, 0.717) is 28.2 Å². The van der Waals surface area contributed by atoms with Gasteiger partial charge in [-0.1, -0.05) is 28.8 Å². The molecule has 0 spiro atoms. The molecular formula is C21H21N4O3S+. The molecule has 0 bridgehead atoms. The number of nitrogens with zero attached hydrogens (tertiary/aromatic N) is 4. The second-order valence-electron chi connectivity index (χ2n) is 7.11. The second kappa shape index (κ2) is 7.44. The van der Waals surface area contributed by atoms with Crippen LogP contribution in [0.3, 0.4) is 0 Å². The van der Waals surface area contributed by atoms with Gasteiger partial charge in [0, 0.05) is 5.75 Å². The average molecular weight is 409 g/mol. The summed E-state index contributed by atoms with van der Waals surface area (Å²) in [5, 5.41) is 0.610. The van der Waals surface area contributed by atoms with E-state index >= 15 is 0 Å². The van der Waals surface area contributed by atoms with Crippen LogP contribution in [0.4, 0.5) is 4.79 Å². The van der Waals surface area contributed by atoms with Crippen LogP contribution in [0.25, 0.3) is 0 Å². The number of amides is 3. The molecule has 4 rings (SSSR count). The number of imide groups is 1. The molecule has 0 fully saturated rings. The van der Waals surface area contributed by atoms with Crippen molar-refractivity contribution in [3.05, 3.63) is 59.0 Å². The number of aliphatic imine (C=N–C) groups is 2. The molecule has 0 saturated heterocycles. The molecule has 1 aromatic heterocycles. The van der Waals surface area contributed by atoms with Gasteiger partial charge < -0.3 is 4.42 Å². The number of hydrogen-bond acceptors (Lipinski definition) is 6. The fraction of sp³-hybridized carbons (Fsp3) is 0.286. The van der Waals surface area contributed by atoms with Gasteiger partial charge >= 0.3 is 11.9 Å². The molecule has 2 aliphatic heterocycles. The zero-order chi connectivity index (χ0) is 20.7. The number of rotatable bonds is 3. The van der Waals surface area contributed by atoms with Crippen LogP contribution < -0.4 is 0 Å². The zero-order valence-corrected chi connectivity index (χ0v) is 17.5. The summed E-state index contributed by atoms with van der Waals surface area (Å²) in [6.07, 6.45) is 1.54. The monoisotopic (exact) mass is 409 g/mol. The summed E-state index contributed by atoms with van der Waals surface area (Å²) in [5.74, 6) is 0.878. The van der Waals surface area contributed by atoms with Crippen LogP contribution in [0.1, 0.15) is 22.5 Å². The lowest BCUT2D eigenvalue weighted by Gasteiger charge is -2.26. The summed E-state index contributed by atoms with van der Waals surface area (Å²) >= 11 is 1.49. The first-order chi connectivity index (χ1) is 13.9. The third kappa shape index (κ3) is 3.44. The highest BCUT2D eigenvalue weighted by molar-refractivity contribution is 8.13. The number of amidine groups is 2. The van der Waals surface area contributed by atoms with E-state index in [1.54, 1.807) is 25.4 Å². The first-order valence-electron chi connectivity index (χ1n) is 9.19. The van der Waals surface area contributed by atoms with E-state index in [2.05, 4.69) is 42.0 Å². The van der Waals surface area contributed by atoms with Crippen molar-refractivity contribution in [1.29, 1.82) is 0 Å². The lowest BCUT2D eigenvalue weighted by Crippen LogP contribution is -2.54. The Hall–Kier alpha value is -3.00. The van der Waals surface area contributed by atoms with Crippen molar-refractivity contribution in [3.63, 3.8) is 0 Å². The van der Waals surface area contributed by atoms with E-state index in [1.807, 2.05) is 0 Å². The number of aryl methyl sites for hydroxylation is 2. The highest BCUT2D eigenvalue weighted by atomic mass is 32.2. The molecule has 2 aromatic rings. The van der Waals surface area contributed by atoms with Gasteiger partial charge in [0.25, 0.3) is 11.7 Å². The molecule has 0 aliphatic carbocycles. The summed E-state index contributed by atoms with van der Waals surface area (Å²) < 4.78 is 6.85. The fourth-order valence-corrected chi connectivity index (χ4v) is 4.45. The van der Waals surface area contributed by atoms with Gasteiger partial charge in [0.05, 0.1) is 20.4 Å². The van der Waals surface area contributed by atoms with E-state index in [9.17, 15) is 9.59 Å². The Morgan fingerprint density at radius 3 is 2.72 bits per heavy atom. The van der Waals surface area contributed by atoms with Crippen molar-refractivity contribution in [2.45, 2.75) is 19.6 Å². The molecule has 148 valence electrons. The number of carbonyl (C=O) groups excluding carboxylic acids is 2. The number of furan rings is 1. The van der Waals surface area contributed by atoms with Gasteiger partial charge in [-0.05, 0) is 37.1 Å². The minimum atomic E-state index is -0.698. The standard InChI is InChI=1S/C21H21N4O3S/c1-12-7-8-13(2)14(10-12)11-29-19-16-18(24(3)21(27)25(4)20(16)26)22-17(23-19)15-6-5-9-28-15/h5-10,16H,11H2,1-4H3/q+1. The molecule has 0 N–H and O–H groups in total. The maximum absolute atomic E-state index is 12.9. The minimum absolute atomic E-state index is 0.322. The van der Waals surface area contributed by atoms with Gasteiger partial charge in [0.1, 0.15) is 5.04 Å². The second-order valence-corrected chi connectivity index (χ2v) is 8.11. The topological polar surface area (TPSA) is 78.2 Å². The number of fused-ring (bicyclic) bond motifs is 1. The first kappa shape index (κ1) is 19.3. The molecule has 2 aliphatic rings. The van der Waals surface area contributed by atoms with Crippen molar-refractivity contribution in [2.24, 2.45) is 15.9 Å². The summed E-state index contributed by atoms with van der Waals surface area (Å²) in [5.41, 5.74) is 3.55. The van der Waals surface area contributed by atoms with Crippen LogP contribution in [0.15, 0.2) is 51.0 Å². The highest BCUT2D eigenvalue weighted by Crippen LogP contribution is 2.29. The number of hydrogen-bond donors (Lipinski definition) is 0. The van der Waals surface area contributed by atoms with E-state index < -0.39 is 11.9 Å². The van der Waals surface area contributed by atoms with Gasteiger partial charge in [-0.2, -0.15) is 9.48 Å². The third-order valence-corrected chi connectivity index (χ3v) is 6.14. The van der Waals surface area contributed by atoms with Gasteiger partial charge in [0.15, 0.2) is 11.7 Å². The van der Waals surface area contributed by atoms with Crippen LogP contribution >= 0.6 is 11.8 Å². The normalized spacial score (nSPS) is 19.3. The highest BCUT2D eigenvalue weighted by Gasteiger charge is 2.49. The largest absolute Gasteiger partial charge is 0.459 e. The van der Waals surface area contributed by atoms with Crippen LogP contribution in [0, 0.1) is 19.8 Å². The van der Waals surface area contributed by atoms with E-state index in [-0.39, 0.29) is 5.91 Å². The lowest BCUT2D eigenvalue weighted by atomic mass is 10.0. The van der Waals surface area contributed by atoms with Crippen LogP contribution in [0.5, 0.6) is 0 Å². The molecule has 1 unspecified atom stereocenters. The van der Waals surface area contributed by atoms with Crippen LogP contribution in [0.2, 0.25) is 0 Å². The van der Waals surface area contributed by atoms with E-state index in [0.717, 1.165) is 4.90 Å². The Kier molecular flexibility index (Phi) is 4.96. The maximum Gasteiger partial charge on any atom is 0.445 e. The third-order valence-electron chi connectivity index (χ3n) is 5.06. The average Bonchev–Trinajstić information content (AvgIpc) is 3.25. The molecule has 29 heavy (non-hydrogen) atoms. The summed E-state index contributed by atoms with van der Waals surface area (Å²) in [6, 6.07) is 9.41. The summed E-state index contributed by atoms with van der Waals surface area (Å²) in [4.78, 5) is 35.6. The predicted molar refractivity (Wildman–Crippen MR) is 113 cm³/mol. The number of carbonyl (C=O) groups is 2. The Balaban J connectivity index is 1.75. The zero-order valence-electron chi connectivity index (χ0n) is 16.7. The van der Waals surface area contributed by atoms with Gasteiger partial charge in [-0.15, -0.1) is 11.8 Å². The molecule has 0 saturated carbocycles. The van der Waals surface area contributed by atoms with Crippen molar-refractivity contribution in [2.75, 3.05) is 14.1 Å². The lowest BCUT2D eigenvalue weighted by molar-refractivity contribution is -0.407. The van der Waals surface area contributed by atoms with Gasteiger partial charge in [-0.3, -0.25) is 4.79 Å². The SMILES string of the molecule is Cc1ccc(C)c(CSC2=NC(c3ccco3)=NC3=[N+](C)C(=O)N(C)C(=O)C23)c1. The van der Waals surface area contributed by atoms with Gasteiger partial charge in [0.2, 0.25) is 0 Å². The molecule has 7 nitrogen and oxygen atoms in total. The molecule has 8 heteroatoms. The molecule has 1 aromatic carbocycles. The first-order valence-corrected chi connectivity index (χ1v) is 10.2. The Labute approximate surface area is 172 Å². The maximum atomic E-state index is 12.9. The van der Waals surface area contributed by atoms with Crippen molar-refractivity contribution < 1.29 is 18.6 Å². The smallest absolute Gasteiger partial charge is 0.445 e. The van der Waals surface area contributed by atoms with Crippen molar-refractivity contribution >= 4 is 40.4 Å². The summed E-state index contributed by atoms with van der Waals surface area (Å²) in [7, 11) is 3.10. The summed E-state index contributed by atoms with van der Waals surface area (Å²) in [6.45, 7) is 4.12. The number of benzene rings is 1. The molecule has 3 amide bonds. The predicted octanol–water partition coefficient (Wildman–Crippen LogP) is 3.24. The minimum Gasteiger partial charge on any atom is -0.459 e. The Morgan fingerprint density at radius 1 is 1.21 bits per heavy atom. The molecular weight excluding hydrogens is 388 g/mol. The number of thioether (sulfide) groups is 1. The Bertz CT molecular complexity index is 1100. The van der Waals surface area contributed by atoms with Crippen molar-refractivity contribution in [1.82, 2.24) is 4.90 Å². The van der Waals surface area contributed by atoms with E-state index in [1.165, 1.54) is 40.1 Å². The van der Waals surface area contributed by atoms with E-state index in [4.69, 9.17) is 4.42 Å². The van der Waals surface area contributed by atoms with Gasteiger partial charge in [-0.25, -0.2) is 9.79 Å².